The van der Waals surface area contributed by atoms with Gasteiger partial charge in [-0.1, -0.05) is 12.1 Å². The number of hydrogen-bond donors (Lipinski definition) is 3. The average Bonchev–Trinajstić information content (AvgIpc) is 2.46. The van der Waals surface area contributed by atoms with Gasteiger partial charge in [0.05, 0.1) is 0 Å². The number of amides is 2. The van der Waals surface area contributed by atoms with Crippen LogP contribution in [0, 0.1) is 0 Å². The lowest BCUT2D eigenvalue weighted by molar-refractivity contribution is -0.121. The van der Waals surface area contributed by atoms with Crippen molar-refractivity contribution >= 4 is 11.8 Å². The number of rotatable bonds is 8. The molecule has 0 aromatic heterocycles. The molecule has 0 radical (unpaired) electrons. The molecule has 0 bridgehead atoms. The van der Waals surface area contributed by atoms with Gasteiger partial charge in [0.1, 0.15) is 0 Å². The van der Waals surface area contributed by atoms with Gasteiger partial charge in [-0.15, -0.1) is 0 Å². The van der Waals surface area contributed by atoms with Gasteiger partial charge in [-0.2, -0.15) is 0 Å². The second-order valence-electron chi connectivity index (χ2n) is 4.54. The normalized spacial score (nSPS) is 10.1. The number of carbonyl (C=O) groups is 2. The number of benzene rings is 1. The summed E-state index contributed by atoms with van der Waals surface area (Å²) in [4.78, 5) is 23.1. The van der Waals surface area contributed by atoms with E-state index in [-0.39, 0.29) is 11.8 Å². The van der Waals surface area contributed by atoms with Crippen LogP contribution in [0.5, 0.6) is 0 Å². The minimum atomic E-state index is -0.0739. The Kier molecular flexibility index (Phi) is 7.35. The van der Waals surface area contributed by atoms with Crippen molar-refractivity contribution in [3.63, 3.8) is 0 Å². The summed E-state index contributed by atoms with van der Waals surface area (Å²) in [5.74, 6) is -0.0248. The van der Waals surface area contributed by atoms with Crippen molar-refractivity contribution in [1.82, 2.24) is 16.0 Å². The maximum Gasteiger partial charge on any atom is 0.251 e. The third-order valence-electron chi connectivity index (χ3n) is 2.87. The van der Waals surface area contributed by atoms with Crippen LogP contribution in [0.1, 0.15) is 35.7 Å². The van der Waals surface area contributed by atoms with Crippen molar-refractivity contribution in [3.05, 3.63) is 35.4 Å². The van der Waals surface area contributed by atoms with E-state index in [1.807, 2.05) is 26.1 Å². The van der Waals surface area contributed by atoms with Crippen molar-refractivity contribution in [1.29, 1.82) is 0 Å². The van der Waals surface area contributed by atoms with E-state index in [1.165, 1.54) is 0 Å². The summed E-state index contributed by atoms with van der Waals surface area (Å²) in [6.07, 6.45) is 1.36. The molecule has 0 saturated heterocycles. The lowest BCUT2D eigenvalue weighted by Crippen LogP contribution is -2.24. The van der Waals surface area contributed by atoms with E-state index in [9.17, 15) is 9.59 Å². The monoisotopic (exact) mass is 277 g/mol. The van der Waals surface area contributed by atoms with E-state index < -0.39 is 0 Å². The molecule has 1 rings (SSSR count). The van der Waals surface area contributed by atoms with Crippen molar-refractivity contribution in [2.75, 3.05) is 20.1 Å². The SMILES string of the molecule is CCNC(=O)c1ccc(CNC(=O)CCCNC)cc1. The van der Waals surface area contributed by atoms with Crippen LogP contribution in [0.3, 0.4) is 0 Å². The van der Waals surface area contributed by atoms with Gasteiger partial charge in [-0.05, 0) is 44.6 Å². The lowest BCUT2D eigenvalue weighted by atomic mass is 10.1. The molecule has 0 aliphatic rings. The van der Waals surface area contributed by atoms with Gasteiger partial charge in [0.2, 0.25) is 5.91 Å². The number of hydrogen-bond acceptors (Lipinski definition) is 3. The number of nitrogens with one attached hydrogen (secondary N) is 3. The predicted molar refractivity (Wildman–Crippen MR) is 79.5 cm³/mol. The first-order valence-electron chi connectivity index (χ1n) is 6.95. The number of carbonyl (C=O) groups excluding carboxylic acids is 2. The standard InChI is InChI=1S/C15H23N3O2/c1-3-17-15(20)13-8-6-12(7-9-13)11-18-14(19)5-4-10-16-2/h6-9,16H,3-5,10-11H2,1-2H3,(H,17,20)(H,18,19). The molecule has 0 aliphatic carbocycles. The van der Waals surface area contributed by atoms with E-state index in [1.54, 1.807) is 12.1 Å². The summed E-state index contributed by atoms with van der Waals surface area (Å²) in [7, 11) is 1.87. The van der Waals surface area contributed by atoms with Crippen molar-refractivity contribution < 1.29 is 9.59 Å². The van der Waals surface area contributed by atoms with Gasteiger partial charge in [-0.3, -0.25) is 9.59 Å². The van der Waals surface area contributed by atoms with Gasteiger partial charge < -0.3 is 16.0 Å². The van der Waals surface area contributed by atoms with Crippen LogP contribution in [0.25, 0.3) is 0 Å². The van der Waals surface area contributed by atoms with Gasteiger partial charge in [0, 0.05) is 25.1 Å². The molecule has 0 saturated carbocycles. The highest BCUT2D eigenvalue weighted by Gasteiger charge is 2.04. The van der Waals surface area contributed by atoms with E-state index in [0.29, 0.717) is 25.1 Å². The highest BCUT2D eigenvalue weighted by atomic mass is 16.2. The molecule has 20 heavy (non-hydrogen) atoms. The van der Waals surface area contributed by atoms with Crippen LogP contribution in [0.4, 0.5) is 0 Å². The third-order valence-corrected chi connectivity index (χ3v) is 2.87. The van der Waals surface area contributed by atoms with Crippen molar-refractivity contribution in [2.24, 2.45) is 0 Å². The molecule has 1 aromatic rings. The van der Waals surface area contributed by atoms with Crippen molar-refractivity contribution in [2.45, 2.75) is 26.3 Å². The molecule has 0 fully saturated rings. The molecule has 0 heterocycles. The first-order chi connectivity index (χ1) is 9.67. The summed E-state index contributed by atoms with van der Waals surface area (Å²) in [5.41, 5.74) is 1.62. The Morgan fingerprint density at radius 3 is 2.40 bits per heavy atom. The van der Waals surface area contributed by atoms with E-state index >= 15 is 0 Å². The fourth-order valence-corrected chi connectivity index (χ4v) is 1.75. The van der Waals surface area contributed by atoms with Gasteiger partial charge >= 0.3 is 0 Å². The molecule has 0 unspecified atom stereocenters. The topological polar surface area (TPSA) is 70.2 Å². The first kappa shape index (κ1) is 16.2. The summed E-state index contributed by atoms with van der Waals surface area (Å²) in [6, 6.07) is 7.26. The lowest BCUT2D eigenvalue weighted by Gasteiger charge is -2.07. The largest absolute Gasteiger partial charge is 0.352 e. The van der Waals surface area contributed by atoms with Crippen LogP contribution in [0.2, 0.25) is 0 Å². The van der Waals surface area contributed by atoms with Crippen LogP contribution in [-0.2, 0) is 11.3 Å². The molecule has 0 atom stereocenters. The van der Waals surface area contributed by atoms with E-state index in [4.69, 9.17) is 0 Å². The Morgan fingerprint density at radius 2 is 1.80 bits per heavy atom. The Morgan fingerprint density at radius 1 is 1.10 bits per heavy atom. The van der Waals surface area contributed by atoms with Crippen LogP contribution in [0.15, 0.2) is 24.3 Å². The maximum atomic E-state index is 11.6. The first-order valence-corrected chi connectivity index (χ1v) is 6.95. The molecule has 0 aliphatic heterocycles. The molecular weight excluding hydrogens is 254 g/mol. The average molecular weight is 277 g/mol. The summed E-state index contributed by atoms with van der Waals surface area (Å²) in [5, 5.41) is 8.62. The fraction of sp³-hybridized carbons (Fsp3) is 0.467. The Hall–Kier alpha value is -1.88. The van der Waals surface area contributed by atoms with Crippen molar-refractivity contribution in [3.8, 4) is 0 Å². The molecule has 2 amide bonds. The Bertz CT molecular complexity index is 429. The molecular formula is C15H23N3O2. The minimum absolute atomic E-state index is 0.0491. The minimum Gasteiger partial charge on any atom is -0.352 e. The molecule has 1 aromatic carbocycles. The van der Waals surface area contributed by atoms with Gasteiger partial charge in [0.25, 0.3) is 5.91 Å². The zero-order valence-electron chi connectivity index (χ0n) is 12.2. The Balaban J connectivity index is 2.38. The Labute approximate surface area is 120 Å². The summed E-state index contributed by atoms with van der Waals surface area (Å²) < 4.78 is 0. The summed E-state index contributed by atoms with van der Waals surface area (Å²) in [6.45, 7) is 3.84. The maximum absolute atomic E-state index is 11.6. The van der Waals surface area contributed by atoms with Gasteiger partial charge in [0.15, 0.2) is 0 Å². The van der Waals surface area contributed by atoms with Crippen LogP contribution in [-0.4, -0.2) is 32.0 Å². The zero-order chi connectivity index (χ0) is 14.8. The second kappa shape index (κ2) is 9.09. The summed E-state index contributed by atoms with van der Waals surface area (Å²) >= 11 is 0. The van der Waals surface area contributed by atoms with E-state index in [2.05, 4.69) is 16.0 Å². The molecule has 5 nitrogen and oxygen atoms in total. The second-order valence-corrected chi connectivity index (χ2v) is 4.54. The zero-order valence-corrected chi connectivity index (χ0v) is 12.2. The van der Waals surface area contributed by atoms with Gasteiger partial charge in [-0.25, -0.2) is 0 Å². The predicted octanol–water partition coefficient (Wildman–Crippen LogP) is 1.05. The van der Waals surface area contributed by atoms with Crippen LogP contribution >= 0.6 is 0 Å². The highest BCUT2D eigenvalue weighted by Crippen LogP contribution is 2.04. The fourth-order valence-electron chi connectivity index (χ4n) is 1.75. The van der Waals surface area contributed by atoms with Crippen LogP contribution < -0.4 is 16.0 Å². The molecule has 5 heteroatoms. The van der Waals surface area contributed by atoms with E-state index in [0.717, 1.165) is 18.5 Å². The highest BCUT2D eigenvalue weighted by molar-refractivity contribution is 5.94. The molecule has 0 spiro atoms. The quantitative estimate of drug-likeness (QED) is 0.622. The smallest absolute Gasteiger partial charge is 0.251 e. The molecule has 3 N–H and O–H groups in total. The molecule has 110 valence electrons. The third kappa shape index (κ3) is 5.84.